The van der Waals surface area contributed by atoms with Gasteiger partial charge in [-0.2, -0.15) is 5.10 Å². The van der Waals surface area contributed by atoms with Crippen LogP contribution >= 0.6 is 0 Å². The van der Waals surface area contributed by atoms with Crippen molar-refractivity contribution in [2.24, 2.45) is 5.41 Å². The zero-order valence-electron chi connectivity index (χ0n) is 12.2. The van der Waals surface area contributed by atoms with E-state index in [2.05, 4.69) is 36.4 Å². The van der Waals surface area contributed by atoms with Gasteiger partial charge in [0.05, 0.1) is 25.0 Å². The quantitative estimate of drug-likeness (QED) is 0.815. The first-order valence-corrected chi connectivity index (χ1v) is 7.06. The summed E-state index contributed by atoms with van der Waals surface area (Å²) < 4.78 is 1.92. The van der Waals surface area contributed by atoms with Crippen LogP contribution in [0.2, 0.25) is 0 Å². The minimum atomic E-state index is -0.0818. The Morgan fingerprint density at radius 2 is 2.05 bits per heavy atom. The summed E-state index contributed by atoms with van der Waals surface area (Å²) in [6, 6.07) is 10.3. The third-order valence-electron chi connectivity index (χ3n) is 3.78. The van der Waals surface area contributed by atoms with Gasteiger partial charge < -0.3 is 10.4 Å². The molecule has 2 rings (SSSR count). The van der Waals surface area contributed by atoms with Gasteiger partial charge in [-0.3, -0.25) is 4.68 Å². The van der Waals surface area contributed by atoms with E-state index >= 15 is 0 Å². The average molecular weight is 273 g/mol. The Bertz CT molecular complexity index is 518. The molecule has 1 unspecified atom stereocenters. The second kappa shape index (κ2) is 6.57. The largest absolute Gasteiger partial charge is 0.396 e. The molecule has 0 bridgehead atoms. The Kier molecular flexibility index (Phi) is 4.79. The van der Waals surface area contributed by atoms with Crippen molar-refractivity contribution in [3.63, 3.8) is 0 Å². The Hall–Kier alpha value is -1.81. The molecule has 1 aromatic carbocycles. The van der Waals surface area contributed by atoms with Gasteiger partial charge in [-0.25, -0.2) is 0 Å². The fourth-order valence-electron chi connectivity index (χ4n) is 1.92. The number of aliphatic hydroxyl groups excluding tert-OH is 1. The van der Waals surface area contributed by atoms with Crippen LogP contribution in [0.15, 0.2) is 42.7 Å². The first-order valence-electron chi connectivity index (χ1n) is 7.06. The van der Waals surface area contributed by atoms with Gasteiger partial charge in [0.15, 0.2) is 0 Å². The molecule has 1 aromatic heterocycles. The summed E-state index contributed by atoms with van der Waals surface area (Å²) in [6.45, 7) is 5.88. The predicted octanol–water partition coefficient (Wildman–Crippen LogP) is 2.75. The van der Waals surface area contributed by atoms with Crippen molar-refractivity contribution in [3.8, 4) is 0 Å². The van der Waals surface area contributed by atoms with Crippen molar-refractivity contribution in [1.29, 1.82) is 0 Å². The van der Waals surface area contributed by atoms with Crippen LogP contribution in [0.3, 0.4) is 0 Å². The number of aromatic nitrogens is 2. The van der Waals surface area contributed by atoms with E-state index in [9.17, 15) is 5.11 Å². The number of anilines is 1. The molecule has 0 saturated heterocycles. The first-order chi connectivity index (χ1) is 9.65. The second-order valence-electron chi connectivity index (χ2n) is 5.59. The van der Waals surface area contributed by atoms with Gasteiger partial charge in [-0.15, -0.1) is 0 Å². The molecule has 4 nitrogen and oxygen atoms in total. The second-order valence-corrected chi connectivity index (χ2v) is 5.59. The number of hydrogen-bond donors (Lipinski definition) is 2. The standard InChI is InChI=1S/C16H23N3O/c1-3-16(2,13-20)12-17-15-9-18-19(11-15)10-14-7-5-4-6-8-14/h4-9,11,17,20H,3,10,12-13H2,1-2H3. The molecular weight excluding hydrogens is 250 g/mol. The summed E-state index contributed by atoms with van der Waals surface area (Å²) in [7, 11) is 0. The van der Waals surface area contributed by atoms with Gasteiger partial charge >= 0.3 is 0 Å². The van der Waals surface area contributed by atoms with E-state index in [1.807, 2.05) is 35.3 Å². The Morgan fingerprint density at radius 3 is 2.70 bits per heavy atom. The molecule has 1 atom stereocenters. The molecule has 0 aliphatic heterocycles. The number of nitrogens with zero attached hydrogens (tertiary/aromatic N) is 2. The van der Waals surface area contributed by atoms with Crippen LogP contribution in [0.25, 0.3) is 0 Å². The Labute approximate surface area is 120 Å². The molecule has 20 heavy (non-hydrogen) atoms. The Balaban J connectivity index is 1.93. The molecule has 0 aliphatic rings. The summed E-state index contributed by atoms with van der Waals surface area (Å²) in [6.07, 6.45) is 4.77. The number of rotatable bonds is 7. The molecule has 108 valence electrons. The molecule has 1 heterocycles. The third kappa shape index (κ3) is 3.84. The maximum atomic E-state index is 9.40. The van der Waals surface area contributed by atoms with Crippen molar-refractivity contribution >= 4 is 5.69 Å². The zero-order valence-corrected chi connectivity index (χ0v) is 12.2. The van der Waals surface area contributed by atoms with Crippen molar-refractivity contribution in [2.75, 3.05) is 18.5 Å². The van der Waals surface area contributed by atoms with Gasteiger partial charge in [0.1, 0.15) is 0 Å². The summed E-state index contributed by atoms with van der Waals surface area (Å²) in [5, 5.41) is 17.1. The van der Waals surface area contributed by atoms with E-state index in [-0.39, 0.29) is 12.0 Å². The van der Waals surface area contributed by atoms with Crippen LogP contribution in [-0.4, -0.2) is 28.0 Å². The minimum Gasteiger partial charge on any atom is -0.396 e. The minimum absolute atomic E-state index is 0.0818. The zero-order chi connectivity index (χ0) is 14.4. The predicted molar refractivity (Wildman–Crippen MR) is 81.7 cm³/mol. The van der Waals surface area contributed by atoms with E-state index in [0.717, 1.165) is 25.2 Å². The lowest BCUT2D eigenvalue weighted by molar-refractivity contribution is 0.149. The molecule has 0 fully saturated rings. The SMILES string of the molecule is CCC(C)(CO)CNc1cnn(Cc2ccccc2)c1. The van der Waals surface area contributed by atoms with Gasteiger partial charge in [-0.1, -0.05) is 44.2 Å². The topological polar surface area (TPSA) is 50.1 Å². The van der Waals surface area contributed by atoms with Gasteiger partial charge in [0, 0.05) is 18.2 Å². The molecule has 0 amide bonds. The maximum absolute atomic E-state index is 9.40. The van der Waals surface area contributed by atoms with Crippen LogP contribution in [0.5, 0.6) is 0 Å². The number of nitrogens with one attached hydrogen (secondary N) is 1. The summed E-state index contributed by atoms with van der Waals surface area (Å²) >= 11 is 0. The van der Waals surface area contributed by atoms with Gasteiger partial charge in [0.25, 0.3) is 0 Å². The van der Waals surface area contributed by atoms with E-state index in [1.165, 1.54) is 5.56 Å². The lowest BCUT2D eigenvalue weighted by atomic mass is 9.89. The monoisotopic (exact) mass is 273 g/mol. The molecule has 2 N–H and O–H groups in total. The van der Waals surface area contributed by atoms with Gasteiger partial charge in [0.2, 0.25) is 0 Å². The van der Waals surface area contributed by atoms with Crippen LogP contribution in [-0.2, 0) is 6.54 Å². The highest BCUT2D eigenvalue weighted by molar-refractivity contribution is 5.38. The number of aliphatic hydroxyl groups is 1. The molecule has 0 spiro atoms. The lowest BCUT2D eigenvalue weighted by Crippen LogP contribution is -2.29. The molecule has 4 heteroatoms. The lowest BCUT2D eigenvalue weighted by Gasteiger charge is -2.25. The van der Waals surface area contributed by atoms with E-state index < -0.39 is 0 Å². The van der Waals surface area contributed by atoms with Crippen LogP contribution in [0, 0.1) is 5.41 Å². The van der Waals surface area contributed by atoms with Crippen LogP contribution in [0.1, 0.15) is 25.8 Å². The smallest absolute Gasteiger partial charge is 0.0726 e. The summed E-state index contributed by atoms with van der Waals surface area (Å²) in [5.41, 5.74) is 2.15. The normalized spacial score (nSPS) is 13.9. The number of benzene rings is 1. The van der Waals surface area contributed by atoms with E-state index in [0.29, 0.717) is 0 Å². The first kappa shape index (κ1) is 14.6. The van der Waals surface area contributed by atoms with Crippen LogP contribution in [0.4, 0.5) is 5.69 Å². The number of hydrogen-bond acceptors (Lipinski definition) is 3. The van der Waals surface area contributed by atoms with E-state index in [1.54, 1.807) is 0 Å². The third-order valence-corrected chi connectivity index (χ3v) is 3.78. The van der Waals surface area contributed by atoms with Crippen molar-refractivity contribution in [2.45, 2.75) is 26.8 Å². The fourth-order valence-corrected chi connectivity index (χ4v) is 1.92. The summed E-state index contributed by atoms with van der Waals surface area (Å²) in [4.78, 5) is 0. The summed E-state index contributed by atoms with van der Waals surface area (Å²) in [5.74, 6) is 0. The Morgan fingerprint density at radius 1 is 1.30 bits per heavy atom. The van der Waals surface area contributed by atoms with Crippen LogP contribution < -0.4 is 5.32 Å². The highest BCUT2D eigenvalue weighted by atomic mass is 16.3. The van der Waals surface area contributed by atoms with Crippen molar-refractivity contribution in [3.05, 3.63) is 48.3 Å². The van der Waals surface area contributed by atoms with E-state index in [4.69, 9.17) is 0 Å². The fraction of sp³-hybridized carbons (Fsp3) is 0.438. The average Bonchev–Trinajstić information content (AvgIpc) is 2.93. The molecule has 0 radical (unpaired) electrons. The molecule has 2 aromatic rings. The molecular formula is C16H23N3O. The van der Waals surface area contributed by atoms with Crippen molar-refractivity contribution < 1.29 is 5.11 Å². The highest BCUT2D eigenvalue weighted by Crippen LogP contribution is 2.20. The van der Waals surface area contributed by atoms with Gasteiger partial charge in [-0.05, 0) is 12.0 Å². The maximum Gasteiger partial charge on any atom is 0.0726 e. The molecule has 0 aliphatic carbocycles. The molecule has 0 saturated carbocycles. The highest BCUT2D eigenvalue weighted by Gasteiger charge is 2.20. The van der Waals surface area contributed by atoms with Crippen molar-refractivity contribution in [1.82, 2.24) is 9.78 Å².